The van der Waals surface area contributed by atoms with Crippen molar-refractivity contribution < 1.29 is 0 Å². The van der Waals surface area contributed by atoms with Crippen LogP contribution < -0.4 is 0 Å². The van der Waals surface area contributed by atoms with Gasteiger partial charge in [0.05, 0.1) is 3.74 Å². The first-order valence-electron chi connectivity index (χ1n) is 6.50. The molecule has 3 heteroatoms. The molecule has 0 radical (unpaired) electrons. The Morgan fingerprint density at radius 3 is 1.79 bits per heavy atom. The minimum Gasteiger partial charge on any atom is -0.0876 e. The molecule has 0 heterocycles. The molecule has 1 aromatic carbocycles. The van der Waals surface area contributed by atoms with E-state index in [0.29, 0.717) is 0 Å². The minimum atomic E-state index is 0.147. The Bertz CT molecular complexity index is 448. The molecule has 0 aliphatic rings. The fourth-order valence-electron chi connectivity index (χ4n) is 2.14. The summed E-state index contributed by atoms with van der Waals surface area (Å²) in [6.07, 6.45) is 0. The van der Waals surface area contributed by atoms with Crippen LogP contribution >= 0.6 is 47.8 Å². The molecule has 0 spiro atoms. The molecular formula is C16H23Br3. The van der Waals surface area contributed by atoms with Crippen LogP contribution in [-0.4, -0.2) is 0 Å². The van der Waals surface area contributed by atoms with Crippen molar-refractivity contribution in [1.82, 2.24) is 0 Å². The van der Waals surface area contributed by atoms with Gasteiger partial charge in [-0.05, 0) is 33.1 Å². The summed E-state index contributed by atoms with van der Waals surface area (Å²) in [7, 11) is 0. The van der Waals surface area contributed by atoms with Crippen molar-refractivity contribution in [2.45, 2.75) is 61.4 Å². The van der Waals surface area contributed by atoms with E-state index < -0.39 is 0 Å². The van der Waals surface area contributed by atoms with Crippen LogP contribution in [0.15, 0.2) is 12.1 Å². The lowest BCUT2D eigenvalue weighted by atomic mass is 9.77. The Labute approximate surface area is 143 Å². The van der Waals surface area contributed by atoms with Crippen LogP contribution in [0.3, 0.4) is 0 Å². The second kappa shape index (κ2) is 6.19. The van der Waals surface area contributed by atoms with E-state index in [1.807, 2.05) is 0 Å². The third-order valence-corrected chi connectivity index (χ3v) is 4.87. The number of halogens is 3. The molecule has 1 rings (SSSR count). The van der Waals surface area contributed by atoms with Gasteiger partial charge < -0.3 is 0 Å². The number of benzene rings is 1. The maximum absolute atomic E-state index is 3.67. The molecular weight excluding hydrogens is 432 g/mol. The van der Waals surface area contributed by atoms with Crippen molar-refractivity contribution in [3.8, 4) is 0 Å². The normalized spacial score (nSPS) is 13.2. The fourth-order valence-corrected chi connectivity index (χ4v) is 3.58. The van der Waals surface area contributed by atoms with Crippen molar-refractivity contribution >= 4 is 47.8 Å². The van der Waals surface area contributed by atoms with Crippen LogP contribution in [0.25, 0.3) is 0 Å². The molecule has 0 unspecified atom stereocenters. The van der Waals surface area contributed by atoms with Crippen molar-refractivity contribution in [1.29, 1.82) is 0 Å². The summed E-state index contributed by atoms with van der Waals surface area (Å²) in [5, 5.41) is 0.882. The lowest BCUT2D eigenvalue weighted by Crippen LogP contribution is -2.19. The smallest absolute Gasteiger partial charge is 0.0876 e. The molecule has 0 atom stereocenters. The molecule has 0 saturated carbocycles. The predicted molar refractivity (Wildman–Crippen MR) is 97.1 cm³/mol. The van der Waals surface area contributed by atoms with Crippen LogP contribution in [0.4, 0.5) is 0 Å². The fraction of sp³-hybridized carbons (Fsp3) is 0.625. The highest BCUT2D eigenvalue weighted by atomic mass is 79.9. The second-order valence-corrected chi connectivity index (χ2v) is 10.6. The SMILES string of the molecule is CC(C)(C)c1cc(C(Br)Br)c(CBr)c(C(C)(C)C)c1. The lowest BCUT2D eigenvalue weighted by Gasteiger charge is -2.29. The monoisotopic (exact) mass is 452 g/mol. The van der Waals surface area contributed by atoms with Crippen LogP contribution in [0.1, 0.15) is 67.5 Å². The van der Waals surface area contributed by atoms with Gasteiger partial charge in [0.2, 0.25) is 0 Å². The highest BCUT2D eigenvalue weighted by Gasteiger charge is 2.25. The number of hydrogen-bond acceptors (Lipinski definition) is 0. The molecule has 0 N–H and O–H groups in total. The van der Waals surface area contributed by atoms with Gasteiger partial charge in [0, 0.05) is 5.33 Å². The molecule has 0 aliphatic heterocycles. The standard InChI is InChI=1S/C16H23Br3/c1-15(2,3)10-7-11(14(18)19)12(9-17)13(8-10)16(4,5)6/h7-8,14H,9H2,1-6H3. The van der Waals surface area contributed by atoms with Crippen molar-refractivity contribution in [2.24, 2.45) is 0 Å². The van der Waals surface area contributed by atoms with Gasteiger partial charge in [0.15, 0.2) is 0 Å². The summed E-state index contributed by atoms with van der Waals surface area (Å²) >= 11 is 11.0. The topological polar surface area (TPSA) is 0 Å². The molecule has 0 saturated heterocycles. The maximum atomic E-state index is 3.67. The van der Waals surface area contributed by atoms with E-state index in [1.165, 1.54) is 22.3 Å². The van der Waals surface area contributed by atoms with Gasteiger partial charge in [0.1, 0.15) is 0 Å². The van der Waals surface area contributed by atoms with Crippen LogP contribution in [0, 0.1) is 0 Å². The van der Waals surface area contributed by atoms with Crippen LogP contribution in [-0.2, 0) is 16.2 Å². The molecule has 0 nitrogen and oxygen atoms in total. The Hall–Kier alpha value is 0.660. The van der Waals surface area contributed by atoms with Gasteiger partial charge in [0.25, 0.3) is 0 Å². The summed E-state index contributed by atoms with van der Waals surface area (Å²) in [5.41, 5.74) is 5.84. The van der Waals surface area contributed by atoms with E-state index in [4.69, 9.17) is 0 Å². The van der Waals surface area contributed by atoms with E-state index in [2.05, 4.69) is 101 Å². The highest BCUT2D eigenvalue weighted by molar-refractivity contribution is 9.24. The van der Waals surface area contributed by atoms with Gasteiger partial charge in [-0.3, -0.25) is 0 Å². The van der Waals surface area contributed by atoms with Gasteiger partial charge in [-0.2, -0.15) is 0 Å². The number of alkyl halides is 3. The Morgan fingerprint density at radius 2 is 1.47 bits per heavy atom. The first kappa shape index (κ1) is 17.7. The first-order chi connectivity index (χ1) is 8.48. The third-order valence-electron chi connectivity index (χ3n) is 3.33. The average molecular weight is 455 g/mol. The third kappa shape index (κ3) is 4.31. The van der Waals surface area contributed by atoms with Crippen molar-refractivity contribution in [3.05, 3.63) is 34.4 Å². The summed E-state index contributed by atoms with van der Waals surface area (Å²) in [6, 6.07) is 4.70. The van der Waals surface area contributed by atoms with E-state index in [9.17, 15) is 0 Å². The van der Waals surface area contributed by atoms with E-state index in [0.717, 1.165) is 5.33 Å². The zero-order chi connectivity index (χ0) is 15.0. The summed E-state index contributed by atoms with van der Waals surface area (Å²) in [6.45, 7) is 13.6. The zero-order valence-corrected chi connectivity index (χ0v) is 17.3. The Morgan fingerprint density at radius 1 is 0.947 bits per heavy atom. The van der Waals surface area contributed by atoms with E-state index >= 15 is 0 Å². The lowest BCUT2D eigenvalue weighted by molar-refractivity contribution is 0.564. The molecule has 0 aromatic heterocycles. The van der Waals surface area contributed by atoms with Gasteiger partial charge in [-0.1, -0.05) is 101 Å². The number of rotatable bonds is 2. The zero-order valence-electron chi connectivity index (χ0n) is 12.6. The van der Waals surface area contributed by atoms with Crippen LogP contribution in [0.2, 0.25) is 0 Å². The summed E-state index contributed by atoms with van der Waals surface area (Å²) in [4.78, 5) is 0. The predicted octanol–water partition coefficient (Wildman–Crippen LogP) is 6.96. The van der Waals surface area contributed by atoms with Crippen LogP contribution in [0.5, 0.6) is 0 Å². The van der Waals surface area contributed by atoms with Gasteiger partial charge in [-0.25, -0.2) is 0 Å². The van der Waals surface area contributed by atoms with E-state index in [1.54, 1.807) is 0 Å². The number of hydrogen-bond donors (Lipinski definition) is 0. The molecule has 1 aromatic rings. The minimum absolute atomic E-state index is 0.147. The quantitative estimate of drug-likeness (QED) is 0.423. The Kier molecular flexibility index (Phi) is 5.77. The van der Waals surface area contributed by atoms with Gasteiger partial charge >= 0.3 is 0 Å². The highest BCUT2D eigenvalue weighted by Crippen LogP contribution is 2.41. The molecule has 0 amide bonds. The average Bonchev–Trinajstić information content (AvgIpc) is 2.24. The molecule has 108 valence electrons. The summed E-state index contributed by atoms with van der Waals surface area (Å²) in [5.74, 6) is 0. The molecule has 0 fully saturated rings. The second-order valence-electron chi connectivity index (χ2n) is 7.03. The van der Waals surface area contributed by atoms with Crippen molar-refractivity contribution in [2.75, 3.05) is 0 Å². The molecule has 0 bridgehead atoms. The molecule has 19 heavy (non-hydrogen) atoms. The Balaban J connectivity index is 3.65. The maximum Gasteiger partial charge on any atom is 0.0949 e. The largest absolute Gasteiger partial charge is 0.0949 e. The van der Waals surface area contributed by atoms with Crippen molar-refractivity contribution in [3.63, 3.8) is 0 Å². The first-order valence-corrected chi connectivity index (χ1v) is 9.45. The molecule has 0 aliphatic carbocycles. The van der Waals surface area contributed by atoms with Gasteiger partial charge in [-0.15, -0.1) is 0 Å². The van der Waals surface area contributed by atoms with E-state index in [-0.39, 0.29) is 14.6 Å². The summed E-state index contributed by atoms with van der Waals surface area (Å²) < 4.78 is 0.191.